The first-order valence-electron chi connectivity index (χ1n) is 12.5. The molecule has 0 unspecified atom stereocenters. The molecule has 172 valence electrons. The molecule has 2 aromatic heterocycles. The number of pyridine rings is 1. The van der Waals surface area contributed by atoms with Crippen LogP contribution in [0.25, 0.3) is 72.5 Å². The average Bonchev–Trinajstić information content (AvgIpc) is 3.52. The minimum atomic E-state index is 0.858. The van der Waals surface area contributed by atoms with Gasteiger partial charge in [-0.15, -0.1) is 0 Å². The van der Waals surface area contributed by atoms with E-state index < -0.39 is 0 Å². The van der Waals surface area contributed by atoms with Gasteiger partial charge in [0.05, 0.1) is 16.7 Å². The Bertz CT molecular complexity index is 1950. The molecule has 8 rings (SSSR count). The standard InChI is InChI=1S/C34H21N3/c1-2-10-22(11-3-1)34-36-30-16-6-7-18-31(30)37(34)32-19-9-17-29(35-32)25-20-21-28-24-13-5-4-12-23(24)26-14-8-15-27(25)33(26)28/h1-21H. The van der Waals surface area contributed by atoms with Crippen molar-refractivity contribution < 1.29 is 0 Å². The van der Waals surface area contributed by atoms with E-state index in [4.69, 9.17) is 9.97 Å². The van der Waals surface area contributed by atoms with E-state index in [1.165, 1.54) is 33.0 Å². The largest absolute Gasteiger partial charge is 0.276 e. The van der Waals surface area contributed by atoms with E-state index in [2.05, 4.69) is 108 Å². The SMILES string of the molecule is c1ccc(-c2nc3ccccc3n2-c2cccc(-c3ccc4c5c(cccc35)-c3ccccc3-4)n2)cc1. The highest BCUT2D eigenvalue weighted by atomic mass is 15.1. The summed E-state index contributed by atoms with van der Waals surface area (Å²) in [5, 5.41) is 2.54. The van der Waals surface area contributed by atoms with Gasteiger partial charge in [-0.2, -0.15) is 0 Å². The van der Waals surface area contributed by atoms with Crippen LogP contribution >= 0.6 is 0 Å². The fourth-order valence-electron chi connectivity index (χ4n) is 5.77. The van der Waals surface area contributed by atoms with Gasteiger partial charge in [-0.1, -0.05) is 103 Å². The Labute approximate surface area is 214 Å². The Morgan fingerprint density at radius 2 is 1.14 bits per heavy atom. The van der Waals surface area contributed by atoms with Gasteiger partial charge in [0.2, 0.25) is 0 Å². The quantitative estimate of drug-likeness (QED) is 0.258. The molecule has 0 aliphatic heterocycles. The van der Waals surface area contributed by atoms with Crippen molar-refractivity contribution in [2.75, 3.05) is 0 Å². The molecule has 0 bridgehead atoms. The summed E-state index contributed by atoms with van der Waals surface area (Å²) in [6, 6.07) is 44.6. The summed E-state index contributed by atoms with van der Waals surface area (Å²) in [5.41, 5.74) is 10.4. The first-order chi connectivity index (χ1) is 18.4. The van der Waals surface area contributed by atoms with Gasteiger partial charge >= 0.3 is 0 Å². The third-order valence-corrected chi connectivity index (χ3v) is 7.38. The van der Waals surface area contributed by atoms with Crippen LogP contribution in [0.3, 0.4) is 0 Å². The molecular formula is C34H21N3. The molecule has 3 heteroatoms. The molecule has 0 radical (unpaired) electrons. The monoisotopic (exact) mass is 471 g/mol. The maximum absolute atomic E-state index is 5.22. The van der Waals surface area contributed by atoms with Gasteiger partial charge in [-0.3, -0.25) is 4.57 Å². The Morgan fingerprint density at radius 1 is 0.459 bits per heavy atom. The van der Waals surface area contributed by atoms with E-state index in [9.17, 15) is 0 Å². The molecular weight excluding hydrogens is 450 g/mol. The van der Waals surface area contributed by atoms with Crippen LogP contribution in [-0.2, 0) is 0 Å². The van der Waals surface area contributed by atoms with Crippen LogP contribution in [0.15, 0.2) is 127 Å². The predicted molar refractivity (Wildman–Crippen MR) is 152 cm³/mol. The van der Waals surface area contributed by atoms with Crippen LogP contribution in [0.2, 0.25) is 0 Å². The van der Waals surface area contributed by atoms with Crippen molar-refractivity contribution in [3.8, 4) is 50.7 Å². The molecule has 37 heavy (non-hydrogen) atoms. The maximum atomic E-state index is 5.22. The molecule has 7 aromatic rings. The minimum absolute atomic E-state index is 0.858. The fraction of sp³-hybridized carbons (Fsp3) is 0. The first-order valence-corrected chi connectivity index (χ1v) is 12.5. The van der Waals surface area contributed by atoms with Crippen LogP contribution in [0.5, 0.6) is 0 Å². The van der Waals surface area contributed by atoms with Crippen molar-refractivity contribution in [2.45, 2.75) is 0 Å². The lowest BCUT2D eigenvalue weighted by molar-refractivity contribution is 1.03. The fourth-order valence-corrected chi connectivity index (χ4v) is 5.77. The number of imidazole rings is 1. The predicted octanol–water partition coefficient (Wildman–Crippen LogP) is 8.56. The van der Waals surface area contributed by atoms with Gasteiger partial charge in [0.15, 0.2) is 0 Å². The Hall–Kier alpha value is -5.02. The number of rotatable bonds is 3. The highest BCUT2D eigenvalue weighted by Crippen LogP contribution is 2.49. The van der Waals surface area contributed by atoms with Crippen molar-refractivity contribution in [2.24, 2.45) is 0 Å². The van der Waals surface area contributed by atoms with Gasteiger partial charge in [-0.05, 0) is 57.3 Å². The number of para-hydroxylation sites is 2. The van der Waals surface area contributed by atoms with Crippen molar-refractivity contribution in [3.05, 3.63) is 127 Å². The Kier molecular flexibility index (Phi) is 4.23. The molecule has 0 amide bonds. The molecule has 0 spiro atoms. The lowest BCUT2D eigenvalue weighted by Gasteiger charge is -2.12. The minimum Gasteiger partial charge on any atom is -0.276 e. The van der Waals surface area contributed by atoms with Gasteiger partial charge in [0.1, 0.15) is 11.6 Å². The van der Waals surface area contributed by atoms with Gasteiger partial charge in [0, 0.05) is 11.1 Å². The van der Waals surface area contributed by atoms with E-state index in [1.807, 2.05) is 24.3 Å². The zero-order valence-electron chi connectivity index (χ0n) is 20.0. The van der Waals surface area contributed by atoms with E-state index in [0.717, 1.165) is 39.5 Å². The van der Waals surface area contributed by atoms with Crippen LogP contribution < -0.4 is 0 Å². The molecule has 1 aliphatic carbocycles. The van der Waals surface area contributed by atoms with E-state index in [-0.39, 0.29) is 0 Å². The van der Waals surface area contributed by atoms with Crippen molar-refractivity contribution in [1.82, 2.24) is 14.5 Å². The summed E-state index contributed by atoms with van der Waals surface area (Å²) in [6.07, 6.45) is 0. The Balaban J connectivity index is 1.36. The van der Waals surface area contributed by atoms with E-state index in [0.29, 0.717) is 0 Å². The summed E-state index contributed by atoms with van der Waals surface area (Å²) in [4.78, 5) is 10.2. The topological polar surface area (TPSA) is 30.7 Å². The van der Waals surface area contributed by atoms with Crippen LogP contribution in [0.1, 0.15) is 0 Å². The van der Waals surface area contributed by atoms with Crippen molar-refractivity contribution >= 4 is 21.8 Å². The lowest BCUT2D eigenvalue weighted by Crippen LogP contribution is -2.01. The number of nitrogens with zero attached hydrogens (tertiary/aromatic N) is 3. The average molecular weight is 472 g/mol. The van der Waals surface area contributed by atoms with Gasteiger partial charge in [0.25, 0.3) is 0 Å². The number of hydrogen-bond acceptors (Lipinski definition) is 2. The molecule has 0 atom stereocenters. The van der Waals surface area contributed by atoms with E-state index in [1.54, 1.807) is 0 Å². The second-order valence-electron chi connectivity index (χ2n) is 9.44. The molecule has 0 N–H and O–H groups in total. The van der Waals surface area contributed by atoms with E-state index >= 15 is 0 Å². The molecule has 1 aliphatic rings. The number of aromatic nitrogens is 3. The molecule has 0 saturated heterocycles. The first kappa shape index (κ1) is 20.2. The summed E-state index contributed by atoms with van der Waals surface area (Å²) in [5.74, 6) is 1.75. The normalized spacial score (nSPS) is 11.8. The molecule has 0 fully saturated rings. The van der Waals surface area contributed by atoms with Crippen LogP contribution in [0.4, 0.5) is 0 Å². The molecule has 3 nitrogen and oxygen atoms in total. The zero-order chi connectivity index (χ0) is 24.3. The number of hydrogen-bond donors (Lipinski definition) is 0. The highest BCUT2D eigenvalue weighted by molar-refractivity contribution is 6.18. The summed E-state index contributed by atoms with van der Waals surface area (Å²) >= 11 is 0. The lowest BCUT2D eigenvalue weighted by atomic mass is 9.96. The van der Waals surface area contributed by atoms with Gasteiger partial charge < -0.3 is 0 Å². The maximum Gasteiger partial charge on any atom is 0.146 e. The summed E-state index contributed by atoms with van der Waals surface area (Å²) < 4.78 is 2.17. The summed E-state index contributed by atoms with van der Waals surface area (Å²) in [7, 11) is 0. The summed E-state index contributed by atoms with van der Waals surface area (Å²) in [6.45, 7) is 0. The van der Waals surface area contributed by atoms with Crippen molar-refractivity contribution in [1.29, 1.82) is 0 Å². The third kappa shape index (κ3) is 2.95. The van der Waals surface area contributed by atoms with Crippen molar-refractivity contribution in [3.63, 3.8) is 0 Å². The van der Waals surface area contributed by atoms with Crippen LogP contribution in [0, 0.1) is 0 Å². The Morgan fingerprint density at radius 3 is 2.00 bits per heavy atom. The molecule has 5 aromatic carbocycles. The van der Waals surface area contributed by atoms with Gasteiger partial charge in [-0.25, -0.2) is 9.97 Å². The highest BCUT2D eigenvalue weighted by Gasteiger charge is 2.23. The zero-order valence-corrected chi connectivity index (χ0v) is 20.0. The second-order valence-corrected chi connectivity index (χ2v) is 9.44. The number of benzene rings is 5. The third-order valence-electron chi connectivity index (χ3n) is 7.38. The molecule has 0 saturated carbocycles. The second kappa shape index (κ2) is 7.74. The smallest absolute Gasteiger partial charge is 0.146 e. The number of fused-ring (bicyclic) bond motifs is 4. The molecule has 2 heterocycles. The van der Waals surface area contributed by atoms with Crippen LogP contribution in [-0.4, -0.2) is 14.5 Å².